The molecule has 1 rings (SSSR count). The van der Waals surface area contributed by atoms with E-state index in [1.54, 1.807) is 0 Å². The first kappa shape index (κ1) is 10.5. The molecule has 0 aromatic heterocycles. The first-order chi connectivity index (χ1) is 5.67. The van der Waals surface area contributed by atoms with Crippen LogP contribution in [0.4, 0.5) is 0 Å². The molecule has 0 heterocycles. The van der Waals surface area contributed by atoms with Gasteiger partial charge in [0.1, 0.15) is 0 Å². The fraction of sp³-hybridized carbons (Fsp3) is 0.250. The lowest BCUT2D eigenvalue weighted by Crippen LogP contribution is -2.39. The van der Waals surface area contributed by atoms with Gasteiger partial charge in [-0.2, -0.15) is 0 Å². The lowest BCUT2D eigenvalue weighted by atomic mass is 10.4. The van der Waals surface area contributed by atoms with Gasteiger partial charge in [0.15, 0.2) is 0 Å². The fourth-order valence-corrected chi connectivity index (χ4v) is 4.72. The van der Waals surface area contributed by atoms with E-state index in [-0.39, 0.29) is 0 Å². The van der Waals surface area contributed by atoms with Crippen LogP contribution >= 0.6 is 32.9 Å². The smallest absolute Gasteiger partial charge is 0.390 e. The van der Waals surface area contributed by atoms with E-state index in [0.29, 0.717) is 6.61 Å². The number of hydrogen-bond acceptors (Lipinski definition) is 1. The highest BCUT2D eigenvalue weighted by atomic mass is 127. The van der Waals surface area contributed by atoms with Crippen molar-refractivity contribution in [3.8, 4) is 0 Å². The second-order valence-corrected chi connectivity index (χ2v) is 12.3. The topological polar surface area (TPSA) is 9.23 Å². The van der Waals surface area contributed by atoms with Gasteiger partial charge in [0, 0.05) is 6.61 Å². The second kappa shape index (κ2) is 4.60. The lowest BCUT2D eigenvalue weighted by Gasteiger charge is -2.16. The maximum atomic E-state index is 6.27. The molecule has 1 atom stereocenters. The summed E-state index contributed by atoms with van der Waals surface area (Å²) >= 11 is 8.49. The third kappa shape index (κ3) is 2.72. The van der Waals surface area contributed by atoms with E-state index in [2.05, 4.69) is 21.8 Å². The molecule has 1 aromatic carbocycles. The van der Waals surface area contributed by atoms with Crippen LogP contribution in [0.5, 0.6) is 0 Å². The van der Waals surface area contributed by atoms with Crippen molar-refractivity contribution in [1.29, 1.82) is 0 Å². The largest absolute Gasteiger partial charge is 0.393 e. The highest BCUT2D eigenvalue weighted by Crippen LogP contribution is 2.19. The minimum atomic E-state index is -2.14. The van der Waals surface area contributed by atoms with E-state index in [1.165, 1.54) is 0 Å². The summed E-state index contributed by atoms with van der Waals surface area (Å²) in [7, 11) is 0. The molecule has 0 bridgehead atoms. The summed E-state index contributed by atoms with van der Waals surface area (Å²) in [5, 5.41) is -1.02. The Kier molecular flexibility index (Phi) is 4.02. The zero-order valence-corrected chi connectivity index (χ0v) is 10.7. The molecule has 12 heavy (non-hydrogen) atoms. The van der Waals surface area contributed by atoms with Gasteiger partial charge in [-0.3, -0.25) is 0 Å². The Morgan fingerprint density at radius 2 is 2.00 bits per heavy atom. The van der Waals surface area contributed by atoms with Crippen molar-refractivity contribution in [3.05, 3.63) is 30.3 Å². The molecule has 0 radical (unpaired) electrons. The third-order valence-corrected chi connectivity index (χ3v) is 6.88. The van der Waals surface area contributed by atoms with Crippen LogP contribution in [-0.4, -0.2) is 11.7 Å². The molecule has 0 aliphatic rings. The number of hydrogen-bond donors (Lipinski definition) is 0. The van der Waals surface area contributed by atoms with Crippen LogP contribution in [0.15, 0.2) is 30.3 Å². The van der Waals surface area contributed by atoms with Crippen molar-refractivity contribution < 1.29 is 4.43 Å². The summed E-state index contributed by atoms with van der Waals surface area (Å²) in [6.45, 7) is 2.64. The minimum absolute atomic E-state index is 0.674. The van der Waals surface area contributed by atoms with Crippen LogP contribution in [0, 0.1) is 0 Å². The molecule has 0 aliphatic carbocycles. The Balaban J connectivity index is 2.82. The van der Waals surface area contributed by atoms with Gasteiger partial charge >= 0.3 is 5.12 Å². The predicted molar refractivity (Wildman–Crippen MR) is 63.3 cm³/mol. The van der Waals surface area contributed by atoms with Gasteiger partial charge in [-0.05, 0) is 12.1 Å². The van der Waals surface area contributed by atoms with Crippen molar-refractivity contribution in [2.45, 2.75) is 6.92 Å². The summed E-state index contributed by atoms with van der Waals surface area (Å²) in [6, 6.07) is 9.98. The maximum absolute atomic E-state index is 6.27. The van der Waals surface area contributed by atoms with Crippen molar-refractivity contribution in [3.63, 3.8) is 0 Å². The Morgan fingerprint density at radius 1 is 1.42 bits per heavy atom. The first-order valence-corrected chi connectivity index (χ1v) is 9.77. The third-order valence-electron chi connectivity index (χ3n) is 1.44. The summed E-state index contributed by atoms with van der Waals surface area (Å²) in [6.07, 6.45) is 0. The number of benzene rings is 1. The van der Waals surface area contributed by atoms with E-state index < -0.39 is 5.12 Å². The first-order valence-electron chi connectivity index (χ1n) is 3.74. The standard InChI is InChI=1S/C8H10ClIOSi/c1-2-11-12(9,10)8-6-4-3-5-7-8/h3-7H,2H2,1H3. The normalized spacial score (nSPS) is 15.6. The van der Waals surface area contributed by atoms with Gasteiger partial charge < -0.3 is 4.43 Å². The molecule has 0 amide bonds. The van der Waals surface area contributed by atoms with Crippen LogP contribution in [0.1, 0.15) is 6.92 Å². The minimum Gasteiger partial charge on any atom is -0.393 e. The van der Waals surface area contributed by atoms with E-state index in [4.69, 9.17) is 15.5 Å². The zero-order valence-electron chi connectivity index (χ0n) is 6.76. The lowest BCUT2D eigenvalue weighted by molar-refractivity contribution is 0.360. The van der Waals surface area contributed by atoms with E-state index in [0.717, 1.165) is 5.19 Å². The average Bonchev–Trinajstić information content (AvgIpc) is 2.06. The molecule has 1 unspecified atom stereocenters. The molecule has 0 aliphatic heterocycles. The maximum Gasteiger partial charge on any atom is 0.390 e. The molecule has 0 spiro atoms. The summed E-state index contributed by atoms with van der Waals surface area (Å²) in [4.78, 5) is 0. The van der Waals surface area contributed by atoms with Crippen molar-refractivity contribution in [2.24, 2.45) is 0 Å². The van der Waals surface area contributed by atoms with Gasteiger partial charge in [-0.1, -0.05) is 52.1 Å². The second-order valence-electron chi connectivity index (χ2n) is 2.32. The molecule has 0 N–H and O–H groups in total. The molecule has 1 nitrogen and oxygen atoms in total. The van der Waals surface area contributed by atoms with Crippen LogP contribution in [0.25, 0.3) is 0 Å². The van der Waals surface area contributed by atoms with Crippen molar-refractivity contribution in [2.75, 3.05) is 6.61 Å². The molecular weight excluding hydrogens is 303 g/mol. The summed E-state index contributed by atoms with van der Waals surface area (Å²) in [5.41, 5.74) is 0. The van der Waals surface area contributed by atoms with E-state index in [9.17, 15) is 0 Å². The van der Waals surface area contributed by atoms with Crippen LogP contribution < -0.4 is 5.19 Å². The average molecular weight is 313 g/mol. The van der Waals surface area contributed by atoms with E-state index in [1.807, 2.05) is 37.3 Å². The molecule has 4 heteroatoms. The van der Waals surface area contributed by atoms with Gasteiger partial charge in [0.25, 0.3) is 0 Å². The van der Waals surface area contributed by atoms with E-state index >= 15 is 0 Å². The monoisotopic (exact) mass is 312 g/mol. The van der Waals surface area contributed by atoms with Gasteiger partial charge in [-0.15, -0.1) is 11.1 Å². The Labute approximate surface area is 91.1 Å². The van der Waals surface area contributed by atoms with Gasteiger partial charge in [0.2, 0.25) is 0 Å². The Morgan fingerprint density at radius 3 is 2.50 bits per heavy atom. The molecule has 0 saturated heterocycles. The Hall–Kier alpha value is 0.417. The Bertz CT molecular complexity index is 240. The van der Waals surface area contributed by atoms with Crippen LogP contribution in [0.3, 0.4) is 0 Å². The molecule has 1 aromatic rings. The highest BCUT2D eigenvalue weighted by Gasteiger charge is 2.31. The quantitative estimate of drug-likeness (QED) is 0.473. The van der Waals surface area contributed by atoms with Crippen LogP contribution in [-0.2, 0) is 4.43 Å². The SMILES string of the molecule is CCO[Si](Cl)(I)c1ccccc1. The van der Waals surface area contributed by atoms with Crippen molar-refractivity contribution in [1.82, 2.24) is 0 Å². The summed E-state index contributed by atoms with van der Waals surface area (Å²) < 4.78 is 5.51. The zero-order chi connectivity index (χ0) is 9.03. The fourth-order valence-electron chi connectivity index (χ4n) is 0.897. The summed E-state index contributed by atoms with van der Waals surface area (Å²) in [5.74, 6) is 0. The molecule has 0 saturated carbocycles. The molecule has 66 valence electrons. The number of rotatable bonds is 3. The van der Waals surface area contributed by atoms with Gasteiger partial charge in [-0.25, -0.2) is 0 Å². The van der Waals surface area contributed by atoms with Crippen molar-refractivity contribution >= 4 is 43.2 Å². The number of halogens is 2. The molecule has 0 fully saturated rings. The predicted octanol–water partition coefficient (Wildman–Crippen LogP) is 2.54. The molecular formula is C8H10ClIOSi. The highest BCUT2D eigenvalue weighted by molar-refractivity contribution is 14.1. The van der Waals surface area contributed by atoms with Gasteiger partial charge in [0.05, 0.1) is 0 Å². The van der Waals surface area contributed by atoms with Crippen LogP contribution in [0.2, 0.25) is 0 Å².